The van der Waals surface area contributed by atoms with Crippen molar-refractivity contribution in [1.29, 1.82) is 0 Å². The first-order chi connectivity index (χ1) is 6.11. The second kappa shape index (κ2) is 4.58. The Bertz CT molecular complexity index is 286. The van der Waals surface area contributed by atoms with Crippen LogP contribution in [-0.4, -0.2) is 11.2 Å². The van der Waals surface area contributed by atoms with E-state index < -0.39 is 6.10 Å². The zero-order valence-corrected chi connectivity index (χ0v) is 8.18. The van der Waals surface area contributed by atoms with Gasteiger partial charge in [0.15, 0.2) is 0 Å². The van der Waals surface area contributed by atoms with Gasteiger partial charge in [-0.25, -0.2) is 4.39 Å². The molecule has 0 unspecified atom stereocenters. The van der Waals surface area contributed by atoms with Gasteiger partial charge < -0.3 is 5.11 Å². The maximum Gasteiger partial charge on any atom is 0.144 e. The molecule has 1 rings (SSSR count). The van der Waals surface area contributed by atoms with E-state index in [1.54, 1.807) is 19.1 Å². The first-order valence-electron chi connectivity index (χ1n) is 4.22. The summed E-state index contributed by atoms with van der Waals surface area (Å²) in [7, 11) is 0. The topological polar surface area (TPSA) is 20.2 Å². The highest BCUT2D eigenvalue weighted by molar-refractivity contribution is 6.30. The van der Waals surface area contributed by atoms with Crippen molar-refractivity contribution >= 4 is 11.6 Å². The van der Waals surface area contributed by atoms with E-state index in [0.29, 0.717) is 18.4 Å². The van der Waals surface area contributed by atoms with E-state index in [4.69, 9.17) is 16.7 Å². The molecule has 0 saturated carbocycles. The average Bonchev–Trinajstić information content (AvgIpc) is 2.07. The van der Waals surface area contributed by atoms with Crippen molar-refractivity contribution in [2.24, 2.45) is 0 Å². The molecule has 13 heavy (non-hydrogen) atoms. The van der Waals surface area contributed by atoms with E-state index in [1.165, 1.54) is 6.07 Å². The Balaban J connectivity index is 2.71. The highest BCUT2D eigenvalue weighted by Crippen LogP contribution is 2.19. The summed E-state index contributed by atoms with van der Waals surface area (Å²) in [4.78, 5) is 0. The summed E-state index contributed by atoms with van der Waals surface area (Å²) in [6.07, 6.45) is 0.666. The van der Waals surface area contributed by atoms with Gasteiger partial charge in [-0.1, -0.05) is 23.7 Å². The van der Waals surface area contributed by atoms with Gasteiger partial charge in [0, 0.05) is 0 Å². The van der Waals surface area contributed by atoms with Crippen molar-refractivity contribution in [2.75, 3.05) is 0 Å². The standard InChI is InChI=1S/C10H12ClFO/c1-7(13)5-6-8-3-2-4-9(11)10(8)12/h2-4,7,13H,5-6H2,1H3/t7-/m1/s1. The molecule has 0 radical (unpaired) electrons. The van der Waals surface area contributed by atoms with Gasteiger partial charge in [-0.2, -0.15) is 0 Å². The molecular weight excluding hydrogens is 191 g/mol. The third-order valence-corrected chi connectivity index (χ3v) is 2.15. The lowest BCUT2D eigenvalue weighted by molar-refractivity contribution is 0.184. The molecule has 0 bridgehead atoms. The summed E-state index contributed by atoms with van der Waals surface area (Å²) in [6, 6.07) is 4.91. The molecule has 0 heterocycles. The minimum atomic E-state index is -0.404. The molecule has 1 nitrogen and oxygen atoms in total. The van der Waals surface area contributed by atoms with Gasteiger partial charge in [0.25, 0.3) is 0 Å². The third-order valence-electron chi connectivity index (χ3n) is 1.86. The summed E-state index contributed by atoms with van der Waals surface area (Å²) < 4.78 is 13.2. The van der Waals surface area contributed by atoms with Gasteiger partial charge >= 0.3 is 0 Å². The van der Waals surface area contributed by atoms with Gasteiger partial charge in [0.1, 0.15) is 5.82 Å². The average molecular weight is 203 g/mol. The largest absolute Gasteiger partial charge is 0.393 e. The molecule has 1 aromatic carbocycles. The number of aryl methyl sites for hydroxylation is 1. The van der Waals surface area contributed by atoms with Crippen LogP contribution < -0.4 is 0 Å². The Kier molecular flexibility index (Phi) is 3.70. The Hall–Kier alpha value is -0.600. The number of aliphatic hydroxyl groups is 1. The molecular formula is C10H12ClFO. The smallest absolute Gasteiger partial charge is 0.144 e. The first kappa shape index (κ1) is 10.5. The zero-order valence-electron chi connectivity index (χ0n) is 7.43. The molecule has 1 aromatic rings. The second-order valence-corrected chi connectivity index (χ2v) is 3.51. The molecule has 1 N–H and O–H groups in total. The number of aliphatic hydroxyl groups excluding tert-OH is 1. The van der Waals surface area contributed by atoms with Gasteiger partial charge in [0.2, 0.25) is 0 Å². The van der Waals surface area contributed by atoms with Crippen LogP contribution in [0.1, 0.15) is 18.9 Å². The predicted octanol–water partition coefficient (Wildman–Crippen LogP) is 2.79. The monoisotopic (exact) mass is 202 g/mol. The van der Waals surface area contributed by atoms with Crippen molar-refractivity contribution in [3.8, 4) is 0 Å². The highest BCUT2D eigenvalue weighted by atomic mass is 35.5. The summed E-state index contributed by atoms with van der Waals surface area (Å²) in [5, 5.41) is 9.16. The summed E-state index contributed by atoms with van der Waals surface area (Å²) in [6.45, 7) is 1.68. The highest BCUT2D eigenvalue weighted by Gasteiger charge is 2.06. The number of hydrogen-bond acceptors (Lipinski definition) is 1. The lowest BCUT2D eigenvalue weighted by atomic mass is 10.1. The predicted molar refractivity (Wildman–Crippen MR) is 51.4 cm³/mol. The van der Waals surface area contributed by atoms with Crippen molar-refractivity contribution in [3.05, 3.63) is 34.6 Å². The normalized spacial score (nSPS) is 12.9. The quantitative estimate of drug-likeness (QED) is 0.799. The number of hydrogen-bond donors (Lipinski definition) is 1. The van der Waals surface area contributed by atoms with Gasteiger partial charge in [-0.15, -0.1) is 0 Å². The fourth-order valence-electron chi connectivity index (χ4n) is 1.11. The zero-order chi connectivity index (χ0) is 9.84. The van der Waals surface area contributed by atoms with E-state index >= 15 is 0 Å². The molecule has 1 atom stereocenters. The Morgan fingerprint density at radius 2 is 2.23 bits per heavy atom. The molecule has 0 aliphatic carbocycles. The van der Waals surface area contributed by atoms with Gasteiger partial charge in [0.05, 0.1) is 11.1 Å². The van der Waals surface area contributed by atoms with Crippen LogP contribution in [0.5, 0.6) is 0 Å². The molecule has 0 amide bonds. The Morgan fingerprint density at radius 3 is 2.85 bits per heavy atom. The van der Waals surface area contributed by atoms with Crippen molar-refractivity contribution in [2.45, 2.75) is 25.9 Å². The maximum atomic E-state index is 13.2. The molecule has 0 aliphatic rings. The molecule has 0 aliphatic heterocycles. The lowest BCUT2D eigenvalue weighted by Crippen LogP contribution is -2.02. The summed E-state index contributed by atoms with van der Waals surface area (Å²) in [5.41, 5.74) is 0.563. The van der Waals surface area contributed by atoms with Crippen molar-refractivity contribution in [1.82, 2.24) is 0 Å². The molecule has 0 fully saturated rings. The SMILES string of the molecule is C[C@@H](O)CCc1cccc(Cl)c1F. The molecule has 0 aromatic heterocycles. The second-order valence-electron chi connectivity index (χ2n) is 3.10. The van der Waals surface area contributed by atoms with Crippen LogP contribution >= 0.6 is 11.6 Å². The lowest BCUT2D eigenvalue weighted by Gasteiger charge is -2.05. The number of rotatable bonds is 3. The minimum Gasteiger partial charge on any atom is -0.393 e. The van der Waals surface area contributed by atoms with E-state index in [-0.39, 0.29) is 10.8 Å². The first-order valence-corrected chi connectivity index (χ1v) is 4.60. The third kappa shape index (κ3) is 2.98. The van der Waals surface area contributed by atoms with Crippen LogP contribution in [0.2, 0.25) is 5.02 Å². The molecule has 0 spiro atoms. The fraction of sp³-hybridized carbons (Fsp3) is 0.400. The number of halogens is 2. The van der Waals surface area contributed by atoms with Crippen LogP contribution in [0.15, 0.2) is 18.2 Å². The van der Waals surface area contributed by atoms with Crippen LogP contribution in [-0.2, 0) is 6.42 Å². The molecule has 0 saturated heterocycles. The van der Waals surface area contributed by atoms with Crippen molar-refractivity contribution < 1.29 is 9.50 Å². The summed E-state index contributed by atoms with van der Waals surface area (Å²) in [5.74, 6) is -0.371. The van der Waals surface area contributed by atoms with Gasteiger partial charge in [-0.3, -0.25) is 0 Å². The van der Waals surface area contributed by atoms with E-state index in [1.807, 2.05) is 0 Å². The van der Waals surface area contributed by atoms with Gasteiger partial charge in [-0.05, 0) is 31.4 Å². The molecule has 72 valence electrons. The van der Waals surface area contributed by atoms with Crippen LogP contribution in [0.4, 0.5) is 4.39 Å². The minimum absolute atomic E-state index is 0.142. The number of benzene rings is 1. The molecule has 3 heteroatoms. The van der Waals surface area contributed by atoms with Crippen LogP contribution in [0.3, 0.4) is 0 Å². The van der Waals surface area contributed by atoms with E-state index in [2.05, 4.69) is 0 Å². The maximum absolute atomic E-state index is 13.2. The summed E-state index contributed by atoms with van der Waals surface area (Å²) >= 11 is 5.59. The van der Waals surface area contributed by atoms with Crippen LogP contribution in [0, 0.1) is 5.82 Å². The van der Waals surface area contributed by atoms with Crippen molar-refractivity contribution in [3.63, 3.8) is 0 Å². The van der Waals surface area contributed by atoms with Crippen LogP contribution in [0.25, 0.3) is 0 Å². The Labute approximate surface area is 82.2 Å². The fourth-order valence-corrected chi connectivity index (χ4v) is 1.30. The Morgan fingerprint density at radius 1 is 1.54 bits per heavy atom. The van der Waals surface area contributed by atoms with E-state index in [0.717, 1.165) is 0 Å². The van der Waals surface area contributed by atoms with E-state index in [9.17, 15) is 4.39 Å².